The fourth-order valence-electron chi connectivity index (χ4n) is 1.56. The topological polar surface area (TPSA) is 94.3 Å². The van der Waals surface area contributed by atoms with Gasteiger partial charge in [0.2, 0.25) is 0 Å². The first kappa shape index (κ1) is 15.7. The van der Waals surface area contributed by atoms with Crippen LogP contribution in [0.2, 0.25) is 0 Å². The molecular weight excluding hydrogens is 310 g/mol. The molecule has 114 valence electrons. The van der Waals surface area contributed by atoms with Crippen molar-refractivity contribution in [3.63, 3.8) is 0 Å². The van der Waals surface area contributed by atoms with Crippen molar-refractivity contribution in [3.8, 4) is 5.75 Å². The predicted octanol–water partition coefficient (Wildman–Crippen LogP) is 1.98. The van der Waals surface area contributed by atoms with E-state index in [2.05, 4.69) is 9.71 Å². The zero-order valence-electron chi connectivity index (χ0n) is 11.6. The predicted molar refractivity (Wildman–Crippen MR) is 83.3 cm³/mol. The number of rotatable bonds is 7. The van der Waals surface area contributed by atoms with Gasteiger partial charge in [-0.05, 0) is 44.2 Å². The number of hydrogen-bond donors (Lipinski definition) is 2. The fourth-order valence-corrected chi connectivity index (χ4v) is 3.50. The zero-order valence-corrected chi connectivity index (χ0v) is 13.2. The van der Waals surface area contributed by atoms with Gasteiger partial charge in [0.25, 0.3) is 10.0 Å². The maximum absolute atomic E-state index is 12.2. The fraction of sp³-hybridized carbons (Fsp3) is 0.308. The Morgan fingerprint density at radius 2 is 2.05 bits per heavy atom. The number of aryl methyl sites for hydroxylation is 1. The lowest BCUT2D eigenvalue weighted by atomic mass is 10.3. The van der Waals surface area contributed by atoms with Crippen LogP contribution in [-0.4, -0.2) is 26.6 Å². The Labute approximate surface area is 128 Å². The molecule has 0 aliphatic carbocycles. The molecule has 0 saturated carbocycles. The van der Waals surface area contributed by atoms with Gasteiger partial charge < -0.3 is 10.5 Å². The van der Waals surface area contributed by atoms with E-state index in [1.807, 2.05) is 6.92 Å². The molecule has 0 radical (unpaired) electrons. The van der Waals surface area contributed by atoms with Crippen molar-refractivity contribution in [1.29, 1.82) is 0 Å². The standard InChI is InChI=1S/C13H17N3O3S2/c1-10-9-20-13(15-10)16-21(17,18)12-5-3-11(4-6-12)19-8-2-7-14/h3-6,9H,2,7-8,14H2,1H3,(H,15,16). The van der Waals surface area contributed by atoms with Gasteiger partial charge in [0.15, 0.2) is 5.13 Å². The quantitative estimate of drug-likeness (QED) is 0.758. The number of sulfonamides is 1. The van der Waals surface area contributed by atoms with E-state index < -0.39 is 10.0 Å². The molecule has 0 bridgehead atoms. The first-order valence-electron chi connectivity index (χ1n) is 6.39. The summed E-state index contributed by atoms with van der Waals surface area (Å²) in [4.78, 5) is 4.25. The summed E-state index contributed by atoms with van der Waals surface area (Å²) in [6.07, 6.45) is 0.755. The van der Waals surface area contributed by atoms with Gasteiger partial charge in [-0.1, -0.05) is 0 Å². The number of anilines is 1. The molecule has 0 amide bonds. The Balaban J connectivity index is 2.06. The van der Waals surface area contributed by atoms with Gasteiger partial charge in [-0.2, -0.15) is 0 Å². The van der Waals surface area contributed by atoms with E-state index in [1.54, 1.807) is 17.5 Å². The normalized spacial score (nSPS) is 11.3. The lowest BCUT2D eigenvalue weighted by Gasteiger charge is -2.08. The monoisotopic (exact) mass is 327 g/mol. The molecule has 3 N–H and O–H groups in total. The third-order valence-corrected chi connectivity index (χ3v) is 4.95. The van der Waals surface area contributed by atoms with Crippen molar-refractivity contribution in [3.05, 3.63) is 35.3 Å². The second kappa shape index (κ2) is 6.88. The van der Waals surface area contributed by atoms with Crippen molar-refractivity contribution >= 4 is 26.5 Å². The molecule has 6 nitrogen and oxygen atoms in total. The number of aromatic nitrogens is 1. The van der Waals surface area contributed by atoms with Crippen LogP contribution in [0.3, 0.4) is 0 Å². The number of nitrogens with zero attached hydrogens (tertiary/aromatic N) is 1. The summed E-state index contributed by atoms with van der Waals surface area (Å²) in [6, 6.07) is 6.25. The number of ether oxygens (including phenoxy) is 1. The van der Waals surface area contributed by atoms with Gasteiger partial charge in [-0.15, -0.1) is 11.3 Å². The van der Waals surface area contributed by atoms with Crippen molar-refractivity contribution < 1.29 is 13.2 Å². The van der Waals surface area contributed by atoms with E-state index in [0.717, 1.165) is 12.1 Å². The van der Waals surface area contributed by atoms with Crippen LogP contribution in [0.5, 0.6) is 5.75 Å². The number of nitrogens with two attached hydrogens (primary N) is 1. The van der Waals surface area contributed by atoms with Crippen LogP contribution in [0.25, 0.3) is 0 Å². The van der Waals surface area contributed by atoms with Gasteiger partial charge in [-0.3, -0.25) is 4.72 Å². The van der Waals surface area contributed by atoms with Crippen molar-refractivity contribution in [2.75, 3.05) is 17.9 Å². The summed E-state index contributed by atoms with van der Waals surface area (Å²) in [5.41, 5.74) is 6.16. The molecule has 2 rings (SSSR count). The second-order valence-corrected chi connectivity index (χ2v) is 6.90. The maximum atomic E-state index is 12.2. The molecule has 0 aliphatic rings. The summed E-state index contributed by atoms with van der Waals surface area (Å²) in [7, 11) is -3.62. The largest absolute Gasteiger partial charge is 0.494 e. The highest BCUT2D eigenvalue weighted by molar-refractivity contribution is 7.93. The first-order valence-corrected chi connectivity index (χ1v) is 8.75. The van der Waals surface area contributed by atoms with Gasteiger partial charge >= 0.3 is 0 Å². The number of nitrogens with one attached hydrogen (secondary N) is 1. The summed E-state index contributed by atoms with van der Waals surface area (Å²) < 4.78 is 32.2. The summed E-state index contributed by atoms with van der Waals surface area (Å²) >= 11 is 1.25. The van der Waals surface area contributed by atoms with Crippen molar-refractivity contribution in [1.82, 2.24) is 4.98 Å². The Hall–Kier alpha value is -1.64. The Kier molecular flexibility index (Phi) is 5.16. The molecule has 2 aromatic rings. The highest BCUT2D eigenvalue weighted by Crippen LogP contribution is 2.21. The van der Waals surface area contributed by atoms with Crippen molar-refractivity contribution in [2.45, 2.75) is 18.2 Å². The van der Waals surface area contributed by atoms with Crippen LogP contribution in [0.1, 0.15) is 12.1 Å². The molecule has 0 aliphatic heterocycles. The van der Waals surface area contributed by atoms with Gasteiger partial charge in [0.05, 0.1) is 17.2 Å². The van der Waals surface area contributed by atoms with Crippen LogP contribution in [-0.2, 0) is 10.0 Å². The maximum Gasteiger partial charge on any atom is 0.263 e. The summed E-state index contributed by atoms with van der Waals surface area (Å²) in [5.74, 6) is 0.618. The van der Waals surface area contributed by atoms with E-state index in [9.17, 15) is 8.42 Å². The molecule has 0 spiro atoms. The molecule has 21 heavy (non-hydrogen) atoms. The zero-order chi connectivity index (χ0) is 15.3. The van der Waals surface area contributed by atoms with Crippen LogP contribution in [0.4, 0.5) is 5.13 Å². The summed E-state index contributed by atoms with van der Waals surface area (Å²) in [5, 5.41) is 2.14. The lowest BCUT2D eigenvalue weighted by Crippen LogP contribution is -2.12. The number of benzene rings is 1. The third kappa shape index (κ3) is 4.42. The number of thiazole rings is 1. The highest BCUT2D eigenvalue weighted by atomic mass is 32.2. The minimum absolute atomic E-state index is 0.168. The SMILES string of the molecule is Cc1csc(NS(=O)(=O)c2ccc(OCCCN)cc2)n1. The van der Waals surface area contributed by atoms with Gasteiger partial charge in [-0.25, -0.2) is 13.4 Å². The average molecular weight is 327 g/mol. The van der Waals surface area contributed by atoms with Gasteiger partial charge in [0.1, 0.15) is 5.75 Å². The molecule has 8 heteroatoms. The van der Waals surface area contributed by atoms with Crippen molar-refractivity contribution in [2.24, 2.45) is 5.73 Å². The van der Waals surface area contributed by atoms with Crippen LogP contribution >= 0.6 is 11.3 Å². The van der Waals surface area contributed by atoms with E-state index in [4.69, 9.17) is 10.5 Å². The van der Waals surface area contributed by atoms with E-state index in [0.29, 0.717) is 24.0 Å². The first-order chi connectivity index (χ1) is 10.0. The Bertz CT molecular complexity index is 681. The molecule has 0 atom stereocenters. The van der Waals surface area contributed by atoms with E-state index >= 15 is 0 Å². The van der Waals surface area contributed by atoms with Crippen LogP contribution in [0.15, 0.2) is 34.5 Å². The summed E-state index contributed by atoms with van der Waals surface area (Å²) in [6.45, 7) is 2.88. The molecule has 1 aromatic carbocycles. The van der Waals surface area contributed by atoms with Crippen LogP contribution < -0.4 is 15.2 Å². The Morgan fingerprint density at radius 1 is 1.33 bits per heavy atom. The van der Waals surface area contributed by atoms with Gasteiger partial charge in [0, 0.05) is 5.38 Å². The molecule has 1 heterocycles. The number of hydrogen-bond acceptors (Lipinski definition) is 6. The average Bonchev–Trinajstić information content (AvgIpc) is 2.84. The molecule has 1 aromatic heterocycles. The molecular formula is C13H17N3O3S2. The van der Waals surface area contributed by atoms with Crippen LogP contribution in [0, 0.1) is 6.92 Å². The third-order valence-electron chi connectivity index (χ3n) is 2.59. The van der Waals surface area contributed by atoms with E-state index in [-0.39, 0.29) is 4.90 Å². The molecule has 0 fully saturated rings. The second-order valence-electron chi connectivity index (χ2n) is 4.36. The minimum atomic E-state index is -3.62. The lowest BCUT2D eigenvalue weighted by molar-refractivity contribution is 0.313. The Morgan fingerprint density at radius 3 is 2.62 bits per heavy atom. The smallest absolute Gasteiger partial charge is 0.263 e. The highest BCUT2D eigenvalue weighted by Gasteiger charge is 2.15. The van der Waals surface area contributed by atoms with E-state index in [1.165, 1.54) is 23.5 Å². The molecule has 0 saturated heterocycles. The molecule has 0 unspecified atom stereocenters. The minimum Gasteiger partial charge on any atom is -0.494 e.